The Labute approximate surface area is 197 Å². The van der Waals surface area contributed by atoms with Gasteiger partial charge < -0.3 is 9.47 Å². The molecule has 1 aromatic heterocycles. The number of hydrogen-bond donors (Lipinski definition) is 0. The number of methoxy groups -OCH3 is 1. The van der Waals surface area contributed by atoms with Gasteiger partial charge in [0, 0.05) is 31.7 Å². The molecule has 0 N–H and O–H groups in total. The van der Waals surface area contributed by atoms with E-state index in [0.29, 0.717) is 52.4 Å². The predicted octanol–water partition coefficient (Wildman–Crippen LogP) is 4.96. The molecule has 1 aliphatic rings. The molecule has 3 aromatic rings. The molecule has 176 valence electrons. The van der Waals surface area contributed by atoms with Gasteiger partial charge in [-0.05, 0) is 36.4 Å². The lowest BCUT2D eigenvalue weighted by atomic mass is 10.1. The number of nitrogens with zero attached hydrogens (tertiary/aromatic N) is 3. The van der Waals surface area contributed by atoms with Crippen molar-refractivity contribution in [3.8, 4) is 5.75 Å². The minimum atomic E-state index is -4.47. The van der Waals surface area contributed by atoms with Crippen LogP contribution in [-0.4, -0.2) is 62.3 Å². The molecule has 1 aliphatic heterocycles. The van der Waals surface area contributed by atoms with Gasteiger partial charge in [-0.2, -0.15) is 13.2 Å². The van der Waals surface area contributed by atoms with Crippen molar-refractivity contribution < 1.29 is 27.4 Å². The average molecular weight is 500 g/mol. The molecular weight excluding hydrogens is 479 g/mol. The molecular formula is C22H21ClF3N3O3S. The van der Waals surface area contributed by atoms with Crippen molar-refractivity contribution in [2.24, 2.45) is 0 Å². The number of amides is 1. The van der Waals surface area contributed by atoms with Crippen LogP contribution in [0, 0.1) is 0 Å². The second-order valence-corrected chi connectivity index (χ2v) is 8.79. The summed E-state index contributed by atoms with van der Waals surface area (Å²) in [7, 11) is 1.52. The van der Waals surface area contributed by atoms with Gasteiger partial charge in [0.15, 0.2) is 5.13 Å². The van der Waals surface area contributed by atoms with E-state index < -0.39 is 17.6 Å². The molecule has 0 spiro atoms. The lowest BCUT2D eigenvalue weighted by molar-refractivity contribution is -0.137. The van der Waals surface area contributed by atoms with E-state index in [4.69, 9.17) is 21.1 Å². The van der Waals surface area contributed by atoms with E-state index in [-0.39, 0.29) is 5.56 Å². The number of aromatic nitrogens is 1. The molecule has 1 fully saturated rings. The number of alkyl halides is 3. The zero-order chi connectivity index (χ0) is 23.6. The molecule has 2 heterocycles. The van der Waals surface area contributed by atoms with E-state index in [2.05, 4.69) is 9.88 Å². The van der Waals surface area contributed by atoms with Crippen molar-refractivity contribution in [1.29, 1.82) is 0 Å². The van der Waals surface area contributed by atoms with Crippen LogP contribution in [0.1, 0.15) is 15.9 Å². The highest BCUT2D eigenvalue weighted by Crippen LogP contribution is 2.39. The summed E-state index contributed by atoms with van der Waals surface area (Å²) in [6, 6.07) is 7.59. The van der Waals surface area contributed by atoms with Crippen LogP contribution in [0.15, 0.2) is 36.4 Å². The van der Waals surface area contributed by atoms with Gasteiger partial charge in [-0.1, -0.05) is 22.9 Å². The fourth-order valence-corrected chi connectivity index (χ4v) is 4.81. The Morgan fingerprint density at radius 1 is 1.21 bits per heavy atom. The summed E-state index contributed by atoms with van der Waals surface area (Å²) in [6.07, 6.45) is -4.47. The average Bonchev–Trinajstić information content (AvgIpc) is 3.26. The number of ether oxygens (including phenoxy) is 2. The first-order valence-electron chi connectivity index (χ1n) is 10.2. The van der Waals surface area contributed by atoms with Crippen LogP contribution in [0.2, 0.25) is 5.02 Å². The van der Waals surface area contributed by atoms with Gasteiger partial charge in [0.25, 0.3) is 5.91 Å². The van der Waals surface area contributed by atoms with E-state index in [9.17, 15) is 18.0 Å². The Morgan fingerprint density at radius 2 is 1.91 bits per heavy atom. The van der Waals surface area contributed by atoms with E-state index in [1.807, 2.05) is 0 Å². The Kier molecular flexibility index (Phi) is 7.08. The van der Waals surface area contributed by atoms with Crippen LogP contribution < -0.4 is 9.64 Å². The van der Waals surface area contributed by atoms with Crippen LogP contribution in [0.25, 0.3) is 10.2 Å². The van der Waals surface area contributed by atoms with E-state index >= 15 is 0 Å². The molecule has 2 aromatic carbocycles. The maximum absolute atomic E-state index is 13.4. The first-order valence-corrected chi connectivity index (χ1v) is 11.4. The Morgan fingerprint density at radius 3 is 2.55 bits per heavy atom. The summed E-state index contributed by atoms with van der Waals surface area (Å²) < 4.78 is 50.3. The highest BCUT2D eigenvalue weighted by atomic mass is 35.5. The fraction of sp³-hybridized carbons (Fsp3) is 0.364. The molecule has 6 nitrogen and oxygen atoms in total. The summed E-state index contributed by atoms with van der Waals surface area (Å²) in [5.41, 5.74) is -0.140. The predicted molar refractivity (Wildman–Crippen MR) is 122 cm³/mol. The summed E-state index contributed by atoms with van der Waals surface area (Å²) in [5.74, 6) is 0.0816. The second-order valence-electron chi connectivity index (χ2n) is 7.41. The van der Waals surface area contributed by atoms with E-state index in [1.165, 1.54) is 35.5 Å². The van der Waals surface area contributed by atoms with Crippen LogP contribution in [-0.2, 0) is 10.9 Å². The van der Waals surface area contributed by atoms with Crippen molar-refractivity contribution in [3.63, 3.8) is 0 Å². The number of thiazole rings is 1. The Bertz CT molecular complexity index is 1130. The highest BCUT2D eigenvalue weighted by Gasteiger charge is 2.31. The zero-order valence-corrected chi connectivity index (χ0v) is 19.3. The standard InChI is InChI=1S/C22H21ClF3N3O3S/c1-31-17-7-6-16(23)19-18(17)27-21(33-19)29(9-8-28-10-12-32-13-11-28)20(30)14-2-4-15(5-3-14)22(24,25)26/h2-7H,8-13H2,1H3. The van der Waals surface area contributed by atoms with Crippen molar-refractivity contribution in [2.45, 2.75) is 6.18 Å². The Balaban J connectivity index is 1.68. The quantitative estimate of drug-likeness (QED) is 0.480. The molecule has 1 saturated heterocycles. The van der Waals surface area contributed by atoms with Crippen LogP contribution in [0.5, 0.6) is 5.75 Å². The Hall–Kier alpha value is -2.40. The van der Waals surface area contributed by atoms with Gasteiger partial charge in [-0.25, -0.2) is 4.98 Å². The van der Waals surface area contributed by atoms with Crippen molar-refractivity contribution in [1.82, 2.24) is 9.88 Å². The first-order chi connectivity index (χ1) is 15.8. The topological polar surface area (TPSA) is 54.9 Å². The minimum Gasteiger partial charge on any atom is -0.494 e. The number of halogens is 4. The summed E-state index contributed by atoms with van der Waals surface area (Å²) >= 11 is 7.58. The van der Waals surface area contributed by atoms with Gasteiger partial charge in [-0.15, -0.1) is 0 Å². The molecule has 4 rings (SSSR count). The largest absolute Gasteiger partial charge is 0.494 e. The van der Waals surface area contributed by atoms with Gasteiger partial charge in [-0.3, -0.25) is 14.6 Å². The van der Waals surface area contributed by atoms with Crippen LogP contribution in [0.3, 0.4) is 0 Å². The van der Waals surface area contributed by atoms with Crippen molar-refractivity contribution in [2.75, 3.05) is 51.4 Å². The molecule has 33 heavy (non-hydrogen) atoms. The number of rotatable bonds is 6. The van der Waals surface area contributed by atoms with Crippen molar-refractivity contribution in [3.05, 3.63) is 52.5 Å². The minimum absolute atomic E-state index is 0.141. The summed E-state index contributed by atoms with van der Waals surface area (Å²) in [5, 5.41) is 0.874. The molecule has 0 aliphatic carbocycles. The fourth-order valence-electron chi connectivity index (χ4n) is 3.53. The third-order valence-corrected chi connectivity index (χ3v) is 6.88. The molecule has 11 heteroatoms. The van der Waals surface area contributed by atoms with E-state index in [0.717, 1.165) is 25.2 Å². The molecule has 0 unspecified atom stereocenters. The number of carbonyl (C=O) groups excluding carboxylic acids is 1. The number of benzene rings is 2. The third-order valence-electron chi connectivity index (χ3n) is 5.35. The smallest absolute Gasteiger partial charge is 0.416 e. The molecule has 0 radical (unpaired) electrons. The third kappa shape index (κ3) is 5.24. The van der Waals surface area contributed by atoms with E-state index in [1.54, 1.807) is 12.1 Å². The monoisotopic (exact) mass is 499 g/mol. The van der Waals surface area contributed by atoms with Crippen molar-refractivity contribution >= 4 is 44.2 Å². The maximum Gasteiger partial charge on any atom is 0.416 e. The first kappa shape index (κ1) is 23.7. The van der Waals surface area contributed by atoms with Gasteiger partial charge in [0.1, 0.15) is 11.3 Å². The number of anilines is 1. The highest BCUT2D eigenvalue weighted by molar-refractivity contribution is 7.23. The number of carbonyl (C=O) groups is 1. The number of fused-ring (bicyclic) bond motifs is 1. The normalized spacial score (nSPS) is 15.1. The number of morpholine rings is 1. The lowest BCUT2D eigenvalue weighted by Crippen LogP contribution is -2.43. The zero-order valence-electron chi connectivity index (χ0n) is 17.7. The number of hydrogen-bond acceptors (Lipinski definition) is 6. The second kappa shape index (κ2) is 9.84. The molecule has 1 amide bonds. The van der Waals surface area contributed by atoms with Crippen LogP contribution in [0.4, 0.5) is 18.3 Å². The SMILES string of the molecule is COc1ccc(Cl)c2sc(N(CCN3CCOCC3)C(=O)c3ccc(C(F)(F)F)cc3)nc12. The van der Waals surface area contributed by atoms with Gasteiger partial charge in [0.2, 0.25) is 0 Å². The van der Waals surface area contributed by atoms with Crippen LogP contribution >= 0.6 is 22.9 Å². The van der Waals surface area contributed by atoms with Gasteiger partial charge in [0.05, 0.1) is 35.6 Å². The summed E-state index contributed by atoms with van der Waals surface area (Å²) in [4.78, 5) is 21.7. The maximum atomic E-state index is 13.4. The lowest BCUT2D eigenvalue weighted by Gasteiger charge is -2.29. The molecule has 0 atom stereocenters. The van der Waals surface area contributed by atoms with Gasteiger partial charge >= 0.3 is 6.18 Å². The molecule has 0 bridgehead atoms. The molecule has 0 saturated carbocycles. The summed E-state index contributed by atoms with van der Waals surface area (Å²) in [6.45, 7) is 3.57.